The third-order valence-corrected chi connectivity index (χ3v) is 3.15. The Kier molecular flexibility index (Phi) is 2.73. The molecule has 1 aliphatic heterocycles. The van der Waals surface area contributed by atoms with Gasteiger partial charge in [-0.05, 0) is 42.5 Å². The lowest BCUT2D eigenvalue weighted by molar-refractivity contribution is 0.348. The molecule has 0 aromatic heterocycles. The second kappa shape index (κ2) is 4.01. The standard InChI is InChI=1S/C12H17NO/c1-9-6-7-13-8-12(9)10-2-4-11(14)5-3-10/h2-5,9,12-14H,6-8H2,1H3/t9-,12+/m0/s1. The van der Waals surface area contributed by atoms with Gasteiger partial charge in [-0.3, -0.25) is 0 Å². The molecule has 2 nitrogen and oxygen atoms in total. The smallest absolute Gasteiger partial charge is 0.115 e. The molecule has 0 saturated carbocycles. The minimum Gasteiger partial charge on any atom is -0.508 e. The molecule has 1 saturated heterocycles. The van der Waals surface area contributed by atoms with Crippen LogP contribution in [0.2, 0.25) is 0 Å². The highest BCUT2D eigenvalue weighted by Crippen LogP contribution is 2.29. The van der Waals surface area contributed by atoms with E-state index in [0.717, 1.165) is 19.0 Å². The molecular weight excluding hydrogens is 174 g/mol. The molecule has 1 aliphatic rings. The molecule has 1 aromatic carbocycles. The second-order valence-electron chi connectivity index (χ2n) is 4.17. The Morgan fingerprint density at radius 2 is 2.00 bits per heavy atom. The first-order chi connectivity index (χ1) is 6.77. The highest BCUT2D eigenvalue weighted by molar-refractivity contribution is 5.29. The molecule has 0 amide bonds. The first kappa shape index (κ1) is 9.53. The van der Waals surface area contributed by atoms with Crippen LogP contribution in [-0.4, -0.2) is 18.2 Å². The number of hydrogen-bond acceptors (Lipinski definition) is 2. The molecule has 0 radical (unpaired) electrons. The van der Waals surface area contributed by atoms with Crippen LogP contribution in [0, 0.1) is 5.92 Å². The van der Waals surface area contributed by atoms with E-state index in [0.29, 0.717) is 11.7 Å². The minimum atomic E-state index is 0.352. The Bertz CT molecular complexity index is 294. The van der Waals surface area contributed by atoms with Gasteiger partial charge in [0.25, 0.3) is 0 Å². The number of nitrogens with one attached hydrogen (secondary N) is 1. The minimum absolute atomic E-state index is 0.352. The lowest BCUT2D eigenvalue weighted by Gasteiger charge is -2.29. The van der Waals surface area contributed by atoms with Gasteiger partial charge in [0.2, 0.25) is 0 Å². The van der Waals surface area contributed by atoms with Gasteiger partial charge in [0.15, 0.2) is 0 Å². The summed E-state index contributed by atoms with van der Waals surface area (Å²) >= 11 is 0. The van der Waals surface area contributed by atoms with Crippen molar-refractivity contribution in [3.8, 4) is 5.75 Å². The van der Waals surface area contributed by atoms with Crippen molar-refractivity contribution in [3.05, 3.63) is 29.8 Å². The van der Waals surface area contributed by atoms with Gasteiger partial charge in [-0.1, -0.05) is 19.1 Å². The maximum absolute atomic E-state index is 9.21. The summed E-state index contributed by atoms with van der Waals surface area (Å²) < 4.78 is 0. The third kappa shape index (κ3) is 1.90. The van der Waals surface area contributed by atoms with Gasteiger partial charge in [0.1, 0.15) is 5.75 Å². The highest BCUT2D eigenvalue weighted by atomic mass is 16.3. The Morgan fingerprint density at radius 3 is 2.64 bits per heavy atom. The highest BCUT2D eigenvalue weighted by Gasteiger charge is 2.22. The summed E-state index contributed by atoms with van der Waals surface area (Å²) in [5.41, 5.74) is 1.34. The summed E-state index contributed by atoms with van der Waals surface area (Å²) in [5, 5.41) is 12.6. The van der Waals surface area contributed by atoms with Crippen LogP contribution < -0.4 is 5.32 Å². The average molecular weight is 191 g/mol. The fraction of sp³-hybridized carbons (Fsp3) is 0.500. The maximum atomic E-state index is 9.21. The van der Waals surface area contributed by atoms with Crippen LogP contribution in [0.25, 0.3) is 0 Å². The Morgan fingerprint density at radius 1 is 1.29 bits per heavy atom. The Labute approximate surface area is 85.0 Å². The summed E-state index contributed by atoms with van der Waals surface area (Å²) in [5.74, 6) is 1.69. The predicted molar refractivity (Wildman–Crippen MR) is 57.5 cm³/mol. The average Bonchev–Trinajstić information content (AvgIpc) is 2.20. The van der Waals surface area contributed by atoms with Crippen LogP contribution in [-0.2, 0) is 0 Å². The number of aromatic hydroxyl groups is 1. The van der Waals surface area contributed by atoms with E-state index < -0.39 is 0 Å². The summed E-state index contributed by atoms with van der Waals surface area (Å²) in [4.78, 5) is 0. The van der Waals surface area contributed by atoms with E-state index in [1.807, 2.05) is 12.1 Å². The normalized spacial score (nSPS) is 27.5. The lowest BCUT2D eigenvalue weighted by Crippen LogP contribution is -2.33. The van der Waals surface area contributed by atoms with Gasteiger partial charge in [-0.25, -0.2) is 0 Å². The monoisotopic (exact) mass is 191 g/mol. The number of rotatable bonds is 1. The molecule has 2 rings (SSSR count). The SMILES string of the molecule is C[C@H]1CCNC[C@H]1c1ccc(O)cc1. The van der Waals surface area contributed by atoms with E-state index in [-0.39, 0.29) is 0 Å². The van der Waals surface area contributed by atoms with E-state index >= 15 is 0 Å². The number of phenolic OH excluding ortho intramolecular Hbond substituents is 1. The molecule has 2 atom stereocenters. The van der Waals surface area contributed by atoms with Gasteiger partial charge in [-0.15, -0.1) is 0 Å². The zero-order valence-corrected chi connectivity index (χ0v) is 8.53. The van der Waals surface area contributed by atoms with E-state index in [2.05, 4.69) is 12.2 Å². The molecular formula is C12H17NO. The van der Waals surface area contributed by atoms with E-state index in [1.165, 1.54) is 12.0 Å². The van der Waals surface area contributed by atoms with Gasteiger partial charge in [0.05, 0.1) is 0 Å². The molecule has 1 aromatic rings. The Balaban J connectivity index is 2.16. The molecule has 1 heterocycles. The quantitative estimate of drug-likeness (QED) is 0.712. The van der Waals surface area contributed by atoms with Crippen molar-refractivity contribution >= 4 is 0 Å². The van der Waals surface area contributed by atoms with Gasteiger partial charge >= 0.3 is 0 Å². The Hall–Kier alpha value is -1.02. The van der Waals surface area contributed by atoms with Crippen LogP contribution in [0.1, 0.15) is 24.8 Å². The topological polar surface area (TPSA) is 32.3 Å². The molecule has 0 spiro atoms. The zero-order valence-electron chi connectivity index (χ0n) is 8.53. The number of piperidine rings is 1. The summed E-state index contributed by atoms with van der Waals surface area (Å²) in [6, 6.07) is 7.61. The lowest BCUT2D eigenvalue weighted by atomic mass is 9.83. The van der Waals surface area contributed by atoms with Gasteiger partial charge in [0, 0.05) is 6.54 Å². The van der Waals surface area contributed by atoms with Crippen LogP contribution in [0.4, 0.5) is 0 Å². The van der Waals surface area contributed by atoms with Crippen molar-refractivity contribution in [1.29, 1.82) is 0 Å². The summed E-state index contributed by atoms with van der Waals surface area (Å²) in [6.07, 6.45) is 1.24. The van der Waals surface area contributed by atoms with Crippen LogP contribution in [0.15, 0.2) is 24.3 Å². The number of benzene rings is 1. The molecule has 2 N–H and O–H groups in total. The fourth-order valence-electron chi connectivity index (χ4n) is 2.16. The van der Waals surface area contributed by atoms with Crippen LogP contribution >= 0.6 is 0 Å². The van der Waals surface area contributed by atoms with Crippen molar-refractivity contribution in [2.75, 3.05) is 13.1 Å². The zero-order chi connectivity index (χ0) is 9.97. The largest absolute Gasteiger partial charge is 0.508 e. The third-order valence-electron chi connectivity index (χ3n) is 3.15. The molecule has 14 heavy (non-hydrogen) atoms. The van der Waals surface area contributed by atoms with Crippen LogP contribution in [0.5, 0.6) is 5.75 Å². The van der Waals surface area contributed by atoms with E-state index in [9.17, 15) is 5.11 Å². The molecule has 0 unspecified atom stereocenters. The van der Waals surface area contributed by atoms with Crippen molar-refractivity contribution in [1.82, 2.24) is 5.32 Å². The van der Waals surface area contributed by atoms with Crippen molar-refractivity contribution in [2.24, 2.45) is 5.92 Å². The van der Waals surface area contributed by atoms with Crippen molar-refractivity contribution < 1.29 is 5.11 Å². The molecule has 76 valence electrons. The molecule has 2 heteroatoms. The first-order valence-electron chi connectivity index (χ1n) is 5.27. The van der Waals surface area contributed by atoms with E-state index in [4.69, 9.17) is 0 Å². The first-order valence-corrected chi connectivity index (χ1v) is 5.27. The van der Waals surface area contributed by atoms with Crippen LogP contribution in [0.3, 0.4) is 0 Å². The molecule has 0 bridgehead atoms. The van der Waals surface area contributed by atoms with Gasteiger partial charge < -0.3 is 10.4 Å². The maximum Gasteiger partial charge on any atom is 0.115 e. The second-order valence-corrected chi connectivity index (χ2v) is 4.17. The fourth-order valence-corrected chi connectivity index (χ4v) is 2.16. The van der Waals surface area contributed by atoms with Gasteiger partial charge in [-0.2, -0.15) is 0 Å². The van der Waals surface area contributed by atoms with Crippen molar-refractivity contribution in [2.45, 2.75) is 19.3 Å². The number of phenols is 1. The van der Waals surface area contributed by atoms with Crippen molar-refractivity contribution in [3.63, 3.8) is 0 Å². The molecule has 1 fully saturated rings. The summed E-state index contributed by atoms with van der Waals surface area (Å²) in [6.45, 7) is 4.50. The summed E-state index contributed by atoms with van der Waals surface area (Å²) in [7, 11) is 0. The number of hydrogen-bond donors (Lipinski definition) is 2. The predicted octanol–water partition coefficient (Wildman–Crippen LogP) is 2.11. The van der Waals surface area contributed by atoms with E-state index in [1.54, 1.807) is 12.1 Å². The molecule has 0 aliphatic carbocycles.